The zero-order chi connectivity index (χ0) is 14.7. The lowest BCUT2D eigenvalue weighted by atomic mass is 10.2. The summed E-state index contributed by atoms with van der Waals surface area (Å²) in [6, 6.07) is 0.129. The molecular formula is C12H23N3O2S2. The predicted molar refractivity (Wildman–Crippen MR) is 81.1 cm³/mol. The first-order chi connectivity index (χ1) is 8.67. The third-order valence-corrected chi connectivity index (χ3v) is 5.67. The van der Waals surface area contributed by atoms with Crippen molar-refractivity contribution >= 4 is 26.5 Å². The lowest BCUT2D eigenvalue weighted by Gasteiger charge is -2.18. The van der Waals surface area contributed by atoms with E-state index in [2.05, 4.69) is 21.9 Å². The smallest absolute Gasteiger partial charge is 0.239 e. The van der Waals surface area contributed by atoms with Crippen LogP contribution in [-0.2, 0) is 10.0 Å². The van der Waals surface area contributed by atoms with Crippen molar-refractivity contribution in [1.82, 2.24) is 10.3 Å². The van der Waals surface area contributed by atoms with Gasteiger partial charge in [0.15, 0.2) is 5.13 Å². The first-order valence-electron chi connectivity index (χ1n) is 6.38. The van der Waals surface area contributed by atoms with E-state index >= 15 is 0 Å². The van der Waals surface area contributed by atoms with Gasteiger partial charge >= 0.3 is 0 Å². The Morgan fingerprint density at radius 2 is 2.05 bits per heavy atom. The van der Waals surface area contributed by atoms with Gasteiger partial charge in [0.05, 0.1) is 10.4 Å². The molecule has 1 aromatic rings. The van der Waals surface area contributed by atoms with E-state index < -0.39 is 14.8 Å². The van der Waals surface area contributed by atoms with Crippen LogP contribution >= 0.6 is 11.3 Å². The van der Waals surface area contributed by atoms with Crippen molar-refractivity contribution in [1.29, 1.82) is 0 Å². The van der Waals surface area contributed by atoms with Crippen LogP contribution < -0.4 is 10.0 Å². The Morgan fingerprint density at radius 1 is 1.42 bits per heavy atom. The third kappa shape index (κ3) is 4.43. The van der Waals surface area contributed by atoms with E-state index in [1.54, 1.807) is 20.8 Å². The summed E-state index contributed by atoms with van der Waals surface area (Å²) in [6.45, 7) is 10.0. The van der Waals surface area contributed by atoms with Crippen LogP contribution in [0.5, 0.6) is 0 Å². The summed E-state index contributed by atoms with van der Waals surface area (Å²) >= 11 is 1.31. The van der Waals surface area contributed by atoms with Gasteiger partial charge in [0.25, 0.3) is 0 Å². The van der Waals surface area contributed by atoms with Crippen LogP contribution in [0.3, 0.4) is 0 Å². The molecule has 110 valence electrons. The van der Waals surface area contributed by atoms with Crippen LogP contribution in [0.15, 0.2) is 5.38 Å². The third-order valence-electron chi connectivity index (χ3n) is 2.69. The number of hydrogen-bond acceptors (Lipinski definition) is 5. The predicted octanol–water partition coefficient (Wildman–Crippen LogP) is 2.74. The standard InChI is InChI=1S/C12H23N3O2S2/c1-6-7-13-9(2)10-8-18-11(14-10)15-19(16,17)12(3,4)5/h8-9,13H,6-7H2,1-5H3,(H,14,15). The molecule has 0 aromatic carbocycles. The Kier molecular flexibility index (Phi) is 5.34. The fourth-order valence-corrected chi connectivity index (χ4v) is 3.02. The van der Waals surface area contributed by atoms with Gasteiger partial charge in [0, 0.05) is 11.4 Å². The first-order valence-corrected chi connectivity index (χ1v) is 8.75. The van der Waals surface area contributed by atoms with Crippen molar-refractivity contribution < 1.29 is 8.42 Å². The first kappa shape index (κ1) is 16.4. The highest BCUT2D eigenvalue weighted by atomic mass is 32.2. The second-order valence-electron chi connectivity index (χ2n) is 5.47. The summed E-state index contributed by atoms with van der Waals surface area (Å²) in [5.74, 6) is 0. The quantitative estimate of drug-likeness (QED) is 0.848. The van der Waals surface area contributed by atoms with E-state index in [-0.39, 0.29) is 6.04 Å². The average Bonchev–Trinajstić information content (AvgIpc) is 2.72. The van der Waals surface area contributed by atoms with Crippen LogP contribution in [0, 0.1) is 0 Å². The fraction of sp³-hybridized carbons (Fsp3) is 0.750. The molecule has 1 aromatic heterocycles. The monoisotopic (exact) mass is 305 g/mol. The van der Waals surface area contributed by atoms with Crippen molar-refractivity contribution in [2.45, 2.75) is 51.8 Å². The van der Waals surface area contributed by atoms with Gasteiger partial charge < -0.3 is 5.32 Å². The normalized spacial score (nSPS) is 14.4. The number of nitrogens with zero attached hydrogens (tertiary/aromatic N) is 1. The van der Waals surface area contributed by atoms with Crippen LogP contribution in [0.1, 0.15) is 52.8 Å². The summed E-state index contributed by atoms with van der Waals surface area (Å²) in [6.07, 6.45) is 1.05. The Labute approximate surface area is 119 Å². The lowest BCUT2D eigenvalue weighted by molar-refractivity contribution is 0.560. The van der Waals surface area contributed by atoms with Crippen LogP contribution in [-0.4, -0.2) is 24.7 Å². The fourth-order valence-electron chi connectivity index (χ4n) is 1.27. The molecule has 0 aliphatic heterocycles. The molecule has 1 atom stereocenters. The lowest BCUT2D eigenvalue weighted by Crippen LogP contribution is -2.33. The molecule has 7 heteroatoms. The molecule has 0 saturated heterocycles. The minimum absolute atomic E-state index is 0.129. The van der Waals surface area contributed by atoms with Gasteiger partial charge in [0.1, 0.15) is 0 Å². The van der Waals surface area contributed by atoms with Crippen molar-refractivity contribution in [2.75, 3.05) is 11.3 Å². The Bertz CT molecular complexity index is 503. The Hall–Kier alpha value is -0.660. The van der Waals surface area contributed by atoms with Crippen molar-refractivity contribution in [3.05, 3.63) is 11.1 Å². The molecule has 19 heavy (non-hydrogen) atoms. The SMILES string of the molecule is CCCNC(C)c1csc(NS(=O)(=O)C(C)(C)C)n1. The Balaban J connectivity index is 2.76. The van der Waals surface area contributed by atoms with Gasteiger partial charge in [-0.2, -0.15) is 0 Å². The van der Waals surface area contributed by atoms with Gasteiger partial charge in [-0.05, 0) is 40.7 Å². The molecule has 1 heterocycles. The second kappa shape index (κ2) is 6.19. The van der Waals surface area contributed by atoms with Crippen LogP contribution in [0.25, 0.3) is 0 Å². The molecule has 1 unspecified atom stereocenters. The van der Waals surface area contributed by atoms with Crippen LogP contribution in [0.2, 0.25) is 0 Å². The topological polar surface area (TPSA) is 71.1 Å². The Morgan fingerprint density at radius 3 is 2.58 bits per heavy atom. The van der Waals surface area contributed by atoms with Gasteiger partial charge in [-0.25, -0.2) is 13.4 Å². The van der Waals surface area contributed by atoms with Crippen LogP contribution in [0.4, 0.5) is 5.13 Å². The van der Waals surface area contributed by atoms with Gasteiger partial charge in [-0.3, -0.25) is 4.72 Å². The molecule has 2 N–H and O–H groups in total. The summed E-state index contributed by atoms with van der Waals surface area (Å²) in [5.41, 5.74) is 0.866. The largest absolute Gasteiger partial charge is 0.309 e. The van der Waals surface area contributed by atoms with E-state index in [1.807, 2.05) is 12.3 Å². The van der Waals surface area contributed by atoms with Crippen molar-refractivity contribution in [3.8, 4) is 0 Å². The number of aromatic nitrogens is 1. The number of nitrogens with one attached hydrogen (secondary N) is 2. The summed E-state index contributed by atoms with van der Waals surface area (Å²) in [4.78, 5) is 4.33. The zero-order valence-corrected chi connectivity index (χ0v) is 13.8. The number of rotatable bonds is 6. The van der Waals surface area contributed by atoms with E-state index in [0.717, 1.165) is 18.7 Å². The molecule has 5 nitrogen and oxygen atoms in total. The minimum atomic E-state index is -3.40. The van der Waals surface area contributed by atoms with E-state index in [9.17, 15) is 8.42 Å². The van der Waals surface area contributed by atoms with Gasteiger partial charge in [0.2, 0.25) is 10.0 Å². The molecule has 1 rings (SSSR count). The second-order valence-corrected chi connectivity index (χ2v) is 8.77. The zero-order valence-electron chi connectivity index (χ0n) is 12.1. The summed E-state index contributed by atoms with van der Waals surface area (Å²) < 4.78 is 25.7. The van der Waals surface area contributed by atoms with E-state index in [1.165, 1.54) is 11.3 Å². The van der Waals surface area contributed by atoms with Gasteiger partial charge in [-0.1, -0.05) is 6.92 Å². The molecule has 0 aliphatic carbocycles. The van der Waals surface area contributed by atoms with Gasteiger partial charge in [-0.15, -0.1) is 11.3 Å². The highest BCUT2D eigenvalue weighted by molar-refractivity contribution is 7.94. The van der Waals surface area contributed by atoms with E-state index in [4.69, 9.17) is 0 Å². The van der Waals surface area contributed by atoms with Crippen molar-refractivity contribution in [2.24, 2.45) is 0 Å². The molecule has 0 saturated carbocycles. The maximum atomic E-state index is 12.0. The molecule has 0 fully saturated rings. The van der Waals surface area contributed by atoms with E-state index in [0.29, 0.717) is 5.13 Å². The number of sulfonamides is 1. The number of thiazole rings is 1. The highest BCUT2D eigenvalue weighted by Gasteiger charge is 2.29. The number of hydrogen-bond donors (Lipinski definition) is 2. The minimum Gasteiger partial charge on any atom is -0.309 e. The molecule has 0 amide bonds. The molecule has 0 spiro atoms. The average molecular weight is 305 g/mol. The summed E-state index contributed by atoms with van der Waals surface area (Å²) in [5, 5.41) is 5.63. The summed E-state index contributed by atoms with van der Waals surface area (Å²) in [7, 11) is -3.40. The molecule has 0 radical (unpaired) electrons. The molecule has 0 bridgehead atoms. The highest BCUT2D eigenvalue weighted by Crippen LogP contribution is 2.24. The molecule has 0 aliphatic rings. The molecular weight excluding hydrogens is 282 g/mol. The maximum absolute atomic E-state index is 12.0. The maximum Gasteiger partial charge on any atom is 0.239 e. The number of anilines is 1. The van der Waals surface area contributed by atoms with Crippen molar-refractivity contribution in [3.63, 3.8) is 0 Å².